The normalized spacial score (nSPS) is 20.2. The van der Waals surface area contributed by atoms with Crippen LogP contribution in [0.1, 0.15) is 32.1 Å². The lowest BCUT2D eigenvalue weighted by Gasteiger charge is -2.35. The summed E-state index contributed by atoms with van der Waals surface area (Å²) in [5, 5.41) is 0. The zero-order valence-corrected chi connectivity index (χ0v) is 16.5. The lowest BCUT2D eigenvalue weighted by molar-refractivity contribution is 0.264. The van der Waals surface area contributed by atoms with E-state index in [1.165, 1.54) is 32.1 Å². The predicted molar refractivity (Wildman–Crippen MR) is 86.2 cm³/mol. The van der Waals surface area contributed by atoms with Crippen LogP contribution < -0.4 is 0 Å². The molecule has 0 radical (unpaired) electrons. The Hall–Kier alpha value is 0.531. The molecule has 1 aliphatic rings. The first-order chi connectivity index (χ1) is 8.20. The van der Waals surface area contributed by atoms with E-state index in [-0.39, 0.29) is 0 Å². The third kappa shape index (κ3) is 6.63. The number of nitrogens with zero attached hydrogens (tertiary/aromatic N) is 1. The van der Waals surface area contributed by atoms with Crippen LogP contribution in [0.3, 0.4) is 0 Å². The summed E-state index contributed by atoms with van der Waals surface area (Å²) in [5.74, 6) is 0. The summed E-state index contributed by atoms with van der Waals surface area (Å²) in [6.45, 7) is 11.1. The molecule has 0 unspecified atom stereocenters. The minimum Gasteiger partial charge on any atom is -0.437 e. The summed E-state index contributed by atoms with van der Waals surface area (Å²) in [5.41, 5.74) is 0. The Kier molecular flexibility index (Phi) is 6.27. The molecule has 0 heterocycles. The summed E-state index contributed by atoms with van der Waals surface area (Å²) in [6, 6.07) is 0.780. The highest BCUT2D eigenvalue weighted by Crippen LogP contribution is 2.22. The first-order valence-electron chi connectivity index (χ1n) is 7.24. The molecule has 0 aromatic heterocycles. The molecule has 0 spiro atoms. The fourth-order valence-electron chi connectivity index (χ4n) is 2.65. The van der Waals surface area contributed by atoms with Crippen LogP contribution in [0.25, 0.3) is 0 Å². The van der Waals surface area contributed by atoms with Crippen molar-refractivity contribution in [2.45, 2.75) is 70.9 Å². The quantitative estimate of drug-likeness (QED) is 0.704. The van der Waals surface area contributed by atoms with E-state index >= 15 is 0 Å². The molecule has 0 bridgehead atoms. The Morgan fingerprint density at radius 2 is 1.56 bits per heavy atom. The van der Waals surface area contributed by atoms with Crippen molar-refractivity contribution in [2.24, 2.45) is 0 Å². The predicted octanol–water partition coefficient (Wildman–Crippen LogP) is 2.82. The van der Waals surface area contributed by atoms with Gasteiger partial charge < -0.3 is 12.8 Å². The van der Waals surface area contributed by atoms with Gasteiger partial charge in [0.2, 0.25) is 9.92 Å². The highest BCUT2D eigenvalue weighted by atomic mass is 28.5. The van der Waals surface area contributed by atoms with Gasteiger partial charge in [-0.1, -0.05) is 19.3 Å². The SMILES string of the molecule is CN([SiH2]O[Si](C)(C)O[Si](C)(C)C)C1CCCCC1. The van der Waals surface area contributed by atoms with E-state index in [4.69, 9.17) is 8.23 Å². The molecule has 0 aromatic carbocycles. The molecule has 1 fully saturated rings. The van der Waals surface area contributed by atoms with Crippen molar-refractivity contribution in [3.8, 4) is 0 Å². The molecular formula is C12H31NO2Si3. The fraction of sp³-hybridized carbons (Fsp3) is 1.00. The van der Waals surface area contributed by atoms with Crippen molar-refractivity contribution in [2.75, 3.05) is 7.05 Å². The average Bonchev–Trinajstić information content (AvgIpc) is 2.24. The van der Waals surface area contributed by atoms with Crippen molar-refractivity contribution < 1.29 is 8.23 Å². The second-order valence-corrected chi connectivity index (χ2v) is 17.2. The standard InChI is InChI=1S/C12H31NO2Si3/c1-13(12-10-8-7-9-11-12)16-14-18(5,6)15-17(2,3)4/h12H,7-11,16H2,1-6H3. The van der Waals surface area contributed by atoms with E-state index < -0.39 is 26.8 Å². The van der Waals surface area contributed by atoms with Crippen LogP contribution in [0, 0.1) is 0 Å². The third-order valence-corrected chi connectivity index (χ3v) is 12.0. The number of hydrogen-bond donors (Lipinski definition) is 0. The van der Waals surface area contributed by atoms with E-state index in [9.17, 15) is 0 Å². The molecule has 0 aromatic rings. The second kappa shape index (κ2) is 6.81. The number of rotatable bonds is 6. The Labute approximate surface area is 118 Å². The van der Waals surface area contributed by atoms with Gasteiger partial charge in [-0.3, -0.25) is 0 Å². The Balaban J connectivity index is 2.34. The topological polar surface area (TPSA) is 21.7 Å². The monoisotopic (exact) mass is 305 g/mol. The molecule has 0 atom stereocenters. The molecule has 0 saturated heterocycles. The van der Waals surface area contributed by atoms with Crippen LogP contribution >= 0.6 is 0 Å². The number of hydrogen-bond acceptors (Lipinski definition) is 3. The molecule has 6 heteroatoms. The molecule has 0 N–H and O–H groups in total. The minimum atomic E-state index is -1.88. The fourth-order valence-corrected chi connectivity index (χ4v) is 12.0. The highest BCUT2D eigenvalue weighted by molar-refractivity contribution is 6.82. The van der Waals surface area contributed by atoms with Crippen LogP contribution in [0.4, 0.5) is 0 Å². The van der Waals surface area contributed by atoms with Gasteiger partial charge in [-0.15, -0.1) is 0 Å². The van der Waals surface area contributed by atoms with E-state index in [0.29, 0.717) is 0 Å². The van der Waals surface area contributed by atoms with Crippen LogP contribution in [0.5, 0.6) is 0 Å². The van der Waals surface area contributed by atoms with Gasteiger partial charge in [0, 0.05) is 6.04 Å². The van der Waals surface area contributed by atoms with Crippen molar-refractivity contribution >= 4 is 26.8 Å². The lowest BCUT2D eigenvalue weighted by Crippen LogP contribution is -2.49. The van der Waals surface area contributed by atoms with Crippen LogP contribution in [-0.2, 0) is 8.23 Å². The van der Waals surface area contributed by atoms with Gasteiger partial charge in [0.05, 0.1) is 0 Å². The van der Waals surface area contributed by atoms with Gasteiger partial charge in [0.15, 0.2) is 8.32 Å². The average molecular weight is 306 g/mol. The maximum Gasteiger partial charge on any atom is 0.311 e. The maximum atomic E-state index is 6.24. The van der Waals surface area contributed by atoms with Crippen LogP contribution in [-0.4, -0.2) is 44.5 Å². The smallest absolute Gasteiger partial charge is 0.311 e. The first-order valence-corrected chi connectivity index (χ1v) is 14.7. The van der Waals surface area contributed by atoms with E-state index in [1.807, 2.05) is 0 Å². The Bertz CT molecular complexity index is 250. The summed E-state index contributed by atoms with van der Waals surface area (Å²) in [6.07, 6.45) is 6.95. The van der Waals surface area contributed by atoms with Gasteiger partial charge in [-0.2, -0.15) is 0 Å². The summed E-state index contributed by atoms with van der Waals surface area (Å²) < 4.78 is 15.0. The maximum absolute atomic E-state index is 6.24. The molecule has 0 aliphatic heterocycles. The Morgan fingerprint density at radius 3 is 2.06 bits per heavy atom. The van der Waals surface area contributed by atoms with Gasteiger partial charge in [-0.25, -0.2) is 0 Å². The van der Waals surface area contributed by atoms with E-state index in [1.54, 1.807) is 0 Å². The molecule has 18 heavy (non-hydrogen) atoms. The molecule has 3 nitrogen and oxygen atoms in total. The van der Waals surface area contributed by atoms with Crippen molar-refractivity contribution in [1.29, 1.82) is 0 Å². The second-order valence-electron chi connectivity index (χ2n) is 6.94. The van der Waals surface area contributed by atoms with Crippen LogP contribution in [0.15, 0.2) is 0 Å². The van der Waals surface area contributed by atoms with Crippen molar-refractivity contribution in [3.63, 3.8) is 0 Å². The Morgan fingerprint density at radius 1 is 1.00 bits per heavy atom. The minimum absolute atomic E-state index is 0.590. The summed E-state index contributed by atoms with van der Waals surface area (Å²) >= 11 is 0. The van der Waals surface area contributed by atoms with Gasteiger partial charge in [-0.05, 0) is 52.6 Å². The summed E-state index contributed by atoms with van der Waals surface area (Å²) in [4.78, 5) is 0. The molecule has 108 valence electrons. The zero-order valence-electron chi connectivity index (χ0n) is 13.1. The van der Waals surface area contributed by atoms with Crippen molar-refractivity contribution in [3.05, 3.63) is 0 Å². The van der Waals surface area contributed by atoms with Gasteiger partial charge in [0.1, 0.15) is 0 Å². The highest BCUT2D eigenvalue weighted by Gasteiger charge is 2.32. The lowest BCUT2D eigenvalue weighted by atomic mass is 9.96. The van der Waals surface area contributed by atoms with E-state index in [2.05, 4.69) is 44.3 Å². The molecule has 1 aliphatic carbocycles. The van der Waals surface area contributed by atoms with Gasteiger partial charge >= 0.3 is 8.56 Å². The largest absolute Gasteiger partial charge is 0.437 e. The molecule has 0 amide bonds. The third-order valence-electron chi connectivity index (χ3n) is 3.37. The molecular weight excluding hydrogens is 274 g/mol. The van der Waals surface area contributed by atoms with E-state index in [0.717, 1.165) is 6.04 Å². The first kappa shape index (κ1) is 16.6. The molecule has 1 rings (SSSR count). The van der Waals surface area contributed by atoms with Crippen LogP contribution in [0.2, 0.25) is 32.7 Å². The van der Waals surface area contributed by atoms with Crippen molar-refractivity contribution in [1.82, 2.24) is 4.57 Å². The zero-order chi connectivity index (χ0) is 13.8. The van der Waals surface area contributed by atoms with Gasteiger partial charge in [0.25, 0.3) is 0 Å². The summed E-state index contributed by atoms with van der Waals surface area (Å²) in [7, 11) is -1.69. The molecule has 1 saturated carbocycles.